The lowest BCUT2D eigenvalue weighted by Crippen LogP contribution is -1.88. The first-order valence-corrected chi connectivity index (χ1v) is 6.43. The Kier molecular flexibility index (Phi) is 4.02. The monoisotopic (exact) mass is 250 g/mol. The molecule has 0 saturated carbocycles. The highest BCUT2D eigenvalue weighted by atomic mass is 32.2. The van der Waals surface area contributed by atoms with Gasteiger partial charge in [0.15, 0.2) is 0 Å². The fourth-order valence-corrected chi connectivity index (χ4v) is 2.64. The van der Waals surface area contributed by atoms with Gasteiger partial charge in [-0.2, -0.15) is 10.5 Å². The van der Waals surface area contributed by atoms with Crippen molar-refractivity contribution in [2.24, 2.45) is 0 Å². The predicted octanol–water partition coefficient (Wildman–Crippen LogP) is 3.72. The quantitative estimate of drug-likeness (QED) is 0.780. The highest BCUT2D eigenvalue weighted by Gasteiger charge is 2.08. The molecule has 0 saturated heterocycles. The lowest BCUT2D eigenvalue weighted by Gasteiger charge is -2.05. The number of rotatable bonds is 3. The molecule has 86 valence electrons. The van der Waals surface area contributed by atoms with E-state index in [1.165, 1.54) is 17.3 Å². The largest absolute Gasteiger partial charge is 0.192 e. The molecule has 0 aromatic heterocycles. The summed E-state index contributed by atoms with van der Waals surface area (Å²) >= 11 is 1.53. The zero-order chi connectivity index (χ0) is 12.8. The van der Waals surface area contributed by atoms with Crippen LogP contribution in [0.4, 0.5) is 0 Å². The third-order valence-corrected chi connectivity index (χ3v) is 3.69. The van der Waals surface area contributed by atoms with E-state index >= 15 is 0 Å². The van der Waals surface area contributed by atoms with Crippen molar-refractivity contribution in [3.63, 3.8) is 0 Å². The third-order valence-electron chi connectivity index (χ3n) is 2.48. The first-order chi connectivity index (χ1) is 8.85. The van der Waals surface area contributed by atoms with Crippen LogP contribution in [0.3, 0.4) is 0 Å². The molecule has 2 aromatic rings. The van der Waals surface area contributed by atoms with E-state index in [4.69, 9.17) is 10.5 Å². The number of benzene rings is 2. The maximum absolute atomic E-state index is 9.06. The van der Waals surface area contributed by atoms with Crippen molar-refractivity contribution in [1.29, 1.82) is 10.5 Å². The lowest BCUT2D eigenvalue weighted by atomic mass is 10.1. The van der Waals surface area contributed by atoms with Crippen LogP contribution in [0.25, 0.3) is 0 Å². The summed E-state index contributed by atoms with van der Waals surface area (Å²) in [5.41, 5.74) is 2.31. The third kappa shape index (κ3) is 2.71. The highest BCUT2D eigenvalue weighted by Crippen LogP contribution is 2.29. The SMILES string of the molecule is N#Cc1cccc(C#N)c1SCc1ccccc1. The number of hydrogen-bond donors (Lipinski definition) is 0. The van der Waals surface area contributed by atoms with E-state index in [1.807, 2.05) is 30.3 Å². The molecule has 3 heteroatoms. The molecule has 0 fully saturated rings. The predicted molar refractivity (Wildman–Crippen MR) is 71.9 cm³/mol. The van der Waals surface area contributed by atoms with E-state index in [2.05, 4.69) is 12.1 Å². The van der Waals surface area contributed by atoms with Gasteiger partial charge in [-0.05, 0) is 17.7 Å². The van der Waals surface area contributed by atoms with Crippen molar-refractivity contribution in [2.45, 2.75) is 10.6 Å². The van der Waals surface area contributed by atoms with Crippen LogP contribution >= 0.6 is 11.8 Å². The summed E-state index contributed by atoms with van der Waals surface area (Å²) in [5.74, 6) is 0.758. The van der Waals surface area contributed by atoms with Crippen LogP contribution in [0.1, 0.15) is 16.7 Å². The van der Waals surface area contributed by atoms with E-state index in [0.717, 1.165) is 10.6 Å². The summed E-state index contributed by atoms with van der Waals surface area (Å²) in [7, 11) is 0. The molecule has 0 aliphatic heterocycles. The van der Waals surface area contributed by atoms with Gasteiger partial charge in [0.1, 0.15) is 12.1 Å². The van der Waals surface area contributed by atoms with Gasteiger partial charge in [0, 0.05) is 10.6 Å². The van der Waals surface area contributed by atoms with E-state index in [9.17, 15) is 0 Å². The van der Waals surface area contributed by atoms with Gasteiger partial charge >= 0.3 is 0 Å². The highest BCUT2D eigenvalue weighted by molar-refractivity contribution is 7.98. The zero-order valence-corrected chi connectivity index (χ0v) is 10.4. The van der Waals surface area contributed by atoms with Crippen LogP contribution in [-0.4, -0.2) is 0 Å². The number of nitrogens with zero attached hydrogens (tertiary/aromatic N) is 2. The average Bonchev–Trinajstić information content (AvgIpc) is 2.45. The molecule has 18 heavy (non-hydrogen) atoms. The standard InChI is InChI=1S/C15H10N2S/c16-9-13-7-4-8-14(10-17)15(13)18-11-12-5-2-1-3-6-12/h1-8H,11H2. The molecule has 2 rings (SSSR count). The normalized spacial score (nSPS) is 9.44. The van der Waals surface area contributed by atoms with Gasteiger partial charge in [0.05, 0.1) is 11.1 Å². The smallest absolute Gasteiger partial charge is 0.100 e. The van der Waals surface area contributed by atoms with Gasteiger partial charge in [-0.3, -0.25) is 0 Å². The Hall–Kier alpha value is -2.23. The topological polar surface area (TPSA) is 47.6 Å². The van der Waals surface area contributed by atoms with E-state index in [0.29, 0.717) is 11.1 Å². The molecule has 0 N–H and O–H groups in total. The Morgan fingerprint density at radius 1 is 0.833 bits per heavy atom. The molecule has 0 heterocycles. The second kappa shape index (κ2) is 5.91. The summed E-state index contributed by atoms with van der Waals surface area (Å²) in [6.07, 6.45) is 0. The first-order valence-electron chi connectivity index (χ1n) is 5.45. The Balaban J connectivity index is 2.25. The maximum Gasteiger partial charge on any atom is 0.100 e. The molecule has 0 atom stereocenters. The van der Waals surface area contributed by atoms with Crippen LogP contribution in [0, 0.1) is 22.7 Å². The molecule has 0 aliphatic carbocycles. The minimum Gasteiger partial charge on any atom is -0.192 e. The van der Waals surface area contributed by atoms with E-state index < -0.39 is 0 Å². The molecule has 0 bridgehead atoms. The molecular formula is C15H10N2S. The van der Waals surface area contributed by atoms with Gasteiger partial charge in [-0.25, -0.2) is 0 Å². The van der Waals surface area contributed by atoms with Gasteiger partial charge in [-0.1, -0.05) is 36.4 Å². The fraction of sp³-hybridized carbons (Fsp3) is 0.0667. The number of hydrogen-bond acceptors (Lipinski definition) is 3. The minimum absolute atomic E-state index is 0.565. The Morgan fingerprint density at radius 3 is 2.00 bits per heavy atom. The van der Waals surface area contributed by atoms with Crippen molar-refractivity contribution >= 4 is 11.8 Å². The Labute approximate surface area is 110 Å². The molecule has 2 aromatic carbocycles. The van der Waals surface area contributed by atoms with Gasteiger partial charge in [0.25, 0.3) is 0 Å². The summed E-state index contributed by atoms with van der Waals surface area (Å²) in [4.78, 5) is 0.770. The molecule has 0 amide bonds. The first kappa shape index (κ1) is 12.2. The van der Waals surface area contributed by atoms with Crippen molar-refractivity contribution < 1.29 is 0 Å². The Bertz CT molecular complexity index is 589. The molecule has 2 nitrogen and oxygen atoms in total. The van der Waals surface area contributed by atoms with Gasteiger partial charge in [0.2, 0.25) is 0 Å². The van der Waals surface area contributed by atoms with Crippen molar-refractivity contribution in [1.82, 2.24) is 0 Å². The summed E-state index contributed by atoms with van der Waals surface area (Å²) in [6, 6.07) is 19.5. The second-order valence-corrected chi connectivity index (χ2v) is 4.67. The van der Waals surface area contributed by atoms with E-state index in [-0.39, 0.29) is 0 Å². The van der Waals surface area contributed by atoms with Crippen LogP contribution in [-0.2, 0) is 5.75 Å². The van der Waals surface area contributed by atoms with Crippen LogP contribution in [0.2, 0.25) is 0 Å². The maximum atomic E-state index is 9.06. The van der Waals surface area contributed by atoms with Crippen molar-refractivity contribution in [3.05, 3.63) is 65.2 Å². The van der Waals surface area contributed by atoms with Crippen LogP contribution in [0.5, 0.6) is 0 Å². The number of nitriles is 2. The summed E-state index contributed by atoms with van der Waals surface area (Å²) in [5, 5.41) is 18.1. The van der Waals surface area contributed by atoms with Crippen molar-refractivity contribution in [2.75, 3.05) is 0 Å². The molecule has 0 aliphatic rings. The van der Waals surface area contributed by atoms with Gasteiger partial charge < -0.3 is 0 Å². The Morgan fingerprint density at radius 2 is 1.44 bits per heavy atom. The molecular weight excluding hydrogens is 240 g/mol. The second-order valence-electron chi connectivity index (χ2n) is 3.68. The zero-order valence-electron chi connectivity index (χ0n) is 9.63. The number of thioether (sulfide) groups is 1. The van der Waals surface area contributed by atoms with Crippen LogP contribution in [0.15, 0.2) is 53.4 Å². The van der Waals surface area contributed by atoms with Crippen molar-refractivity contribution in [3.8, 4) is 12.1 Å². The minimum atomic E-state index is 0.565. The fourth-order valence-electron chi connectivity index (χ4n) is 1.60. The van der Waals surface area contributed by atoms with E-state index in [1.54, 1.807) is 18.2 Å². The molecule has 0 unspecified atom stereocenters. The van der Waals surface area contributed by atoms with Crippen LogP contribution < -0.4 is 0 Å². The summed E-state index contributed by atoms with van der Waals surface area (Å²) < 4.78 is 0. The summed E-state index contributed by atoms with van der Waals surface area (Å²) in [6.45, 7) is 0. The average molecular weight is 250 g/mol. The van der Waals surface area contributed by atoms with Gasteiger partial charge in [-0.15, -0.1) is 11.8 Å². The molecule has 0 radical (unpaired) electrons. The lowest BCUT2D eigenvalue weighted by molar-refractivity contribution is 1.30. The molecule has 0 spiro atoms.